The summed E-state index contributed by atoms with van der Waals surface area (Å²) >= 11 is 9.46. The number of carbonyl (C=O) groups is 2. The van der Waals surface area contributed by atoms with E-state index in [-0.39, 0.29) is 11.5 Å². The lowest BCUT2D eigenvalue weighted by Crippen LogP contribution is -2.25. The Morgan fingerprint density at radius 2 is 1.96 bits per heavy atom. The van der Waals surface area contributed by atoms with Crippen LogP contribution in [0.4, 0.5) is 11.4 Å². The SMILES string of the molecule is COC(=O)c1ccc(Cl)cc1N(C(C)=O)c1cccc(CBr)c1. The van der Waals surface area contributed by atoms with Crippen LogP contribution < -0.4 is 4.90 Å². The minimum atomic E-state index is -0.528. The zero-order chi connectivity index (χ0) is 17.0. The molecule has 6 heteroatoms. The molecule has 120 valence electrons. The first-order valence-electron chi connectivity index (χ1n) is 6.81. The maximum absolute atomic E-state index is 12.2. The van der Waals surface area contributed by atoms with Crippen LogP contribution in [0.5, 0.6) is 0 Å². The van der Waals surface area contributed by atoms with Gasteiger partial charge in [0, 0.05) is 23.0 Å². The Bertz CT molecular complexity index is 748. The molecule has 0 aliphatic heterocycles. The first kappa shape index (κ1) is 17.5. The summed E-state index contributed by atoms with van der Waals surface area (Å²) in [5, 5.41) is 1.09. The van der Waals surface area contributed by atoms with E-state index in [4.69, 9.17) is 16.3 Å². The van der Waals surface area contributed by atoms with Crippen molar-refractivity contribution in [1.82, 2.24) is 0 Å². The highest BCUT2D eigenvalue weighted by atomic mass is 79.9. The van der Waals surface area contributed by atoms with Crippen LogP contribution in [0.2, 0.25) is 5.02 Å². The van der Waals surface area contributed by atoms with Crippen molar-refractivity contribution < 1.29 is 14.3 Å². The number of ether oxygens (including phenoxy) is 1. The first-order chi connectivity index (χ1) is 11.0. The van der Waals surface area contributed by atoms with Crippen molar-refractivity contribution in [3.05, 3.63) is 58.6 Å². The maximum atomic E-state index is 12.2. The number of nitrogens with zero attached hydrogens (tertiary/aromatic N) is 1. The zero-order valence-corrected chi connectivity index (χ0v) is 15.0. The van der Waals surface area contributed by atoms with Gasteiger partial charge in [0.15, 0.2) is 0 Å². The van der Waals surface area contributed by atoms with Crippen molar-refractivity contribution in [3.63, 3.8) is 0 Å². The molecule has 0 saturated heterocycles. The van der Waals surface area contributed by atoms with Crippen molar-refractivity contribution in [1.29, 1.82) is 0 Å². The Hall–Kier alpha value is -1.85. The number of anilines is 2. The smallest absolute Gasteiger partial charge is 0.339 e. The third-order valence-electron chi connectivity index (χ3n) is 3.24. The molecule has 2 aromatic carbocycles. The molecule has 0 atom stereocenters. The van der Waals surface area contributed by atoms with Gasteiger partial charge in [-0.15, -0.1) is 0 Å². The minimum Gasteiger partial charge on any atom is -0.465 e. The summed E-state index contributed by atoms with van der Waals surface area (Å²) in [7, 11) is 1.30. The third kappa shape index (κ3) is 3.92. The number of esters is 1. The number of carbonyl (C=O) groups excluding carboxylic acids is 2. The van der Waals surface area contributed by atoms with E-state index < -0.39 is 5.97 Å². The highest BCUT2D eigenvalue weighted by molar-refractivity contribution is 9.08. The van der Waals surface area contributed by atoms with Crippen LogP contribution in [-0.4, -0.2) is 19.0 Å². The van der Waals surface area contributed by atoms with Gasteiger partial charge in [-0.2, -0.15) is 0 Å². The third-order valence-corrected chi connectivity index (χ3v) is 4.13. The summed E-state index contributed by atoms with van der Waals surface area (Å²) in [5.74, 6) is -0.760. The van der Waals surface area contributed by atoms with Crippen molar-refractivity contribution in [2.75, 3.05) is 12.0 Å². The quantitative estimate of drug-likeness (QED) is 0.555. The molecule has 0 fully saturated rings. The second kappa shape index (κ2) is 7.62. The van der Waals surface area contributed by atoms with Gasteiger partial charge in [0.05, 0.1) is 18.4 Å². The Kier molecular flexibility index (Phi) is 5.80. The minimum absolute atomic E-state index is 0.232. The monoisotopic (exact) mass is 395 g/mol. The molecule has 0 unspecified atom stereocenters. The molecular weight excluding hydrogens is 382 g/mol. The highest BCUT2D eigenvalue weighted by Crippen LogP contribution is 2.32. The van der Waals surface area contributed by atoms with E-state index in [1.807, 2.05) is 18.2 Å². The number of methoxy groups -OCH3 is 1. The summed E-state index contributed by atoms with van der Waals surface area (Å²) in [6, 6.07) is 12.2. The maximum Gasteiger partial charge on any atom is 0.339 e. The Labute approximate surface area is 148 Å². The molecule has 2 rings (SSSR count). The highest BCUT2D eigenvalue weighted by Gasteiger charge is 2.22. The number of halogens is 2. The summed E-state index contributed by atoms with van der Waals surface area (Å²) in [6.07, 6.45) is 0. The predicted octanol–water partition coefficient (Wildman–Crippen LogP) is 4.71. The lowest BCUT2D eigenvalue weighted by molar-refractivity contribution is -0.115. The lowest BCUT2D eigenvalue weighted by Gasteiger charge is -2.24. The van der Waals surface area contributed by atoms with Crippen molar-refractivity contribution >= 4 is 50.8 Å². The van der Waals surface area contributed by atoms with Gasteiger partial charge in [-0.1, -0.05) is 39.7 Å². The average Bonchev–Trinajstić information content (AvgIpc) is 2.54. The number of hydrogen-bond donors (Lipinski definition) is 0. The normalized spacial score (nSPS) is 10.3. The fourth-order valence-corrected chi connectivity index (χ4v) is 2.76. The van der Waals surface area contributed by atoms with Gasteiger partial charge in [-0.25, -0.2) is 4.79 Å². The second-order valence-corrected chi connectivity index (χ2v) is 5.81. The van der Waals surface area contributed by atoms with Crippen LogP contribution in [-0.2, 0) is 14.9 Å². The average molecular weight is 397 g/mol. The lowest BCUT2D eigenvalue weighted by atomic mass is 10.1. The van der Waals surface area contributed by atoms with Crippen molar-refractivity contribution in [2.24, 2.45) is 0 Å². The number of benzene rings is 2. The van der Waals surface area contributed by atoms with E-state index in [0.717, 1.165) is 5.56 Å². The Morgan fingerprint density at radius 1 is 1.22 bits per heavy atom. The van der Waals surface area contributed by atoms with Crippen molar-refractivity contribution in [3.8, 4) is 0 Å². The molecule has 0 spiro atoms. The zero-order valence-electron chi connectivity index (χ0n) is 12.7. The molecule has 0 aliphatic rings. The molecule has 23 heavy (non-hydrogen) atoms. The van der Waals surface area contributed by atoms with Crippen molar-refractivity contribution in [2.45, 2.75) is 12.3 Å². The van der Waals surface area contributed by atoms with Gasteiger partial charge < -0.3 is 4.74 Å². The van der Waals surface area contributed by atoms with Gasteiger partial charge >= 0.3 is 5.97 Å². The van der Waals surface area contributed by atoms with E-state index in [9.17, 15) is 9.59 Å². The fraction of sp³-hybridized carbons (Fsp3) is 0.176. The summed E-state index contributed by atoms with van der Waals surface area (Å²) < 4.78 is 4.80. The summed E-state index contributed by atoms with van der Waals surface area (Å²) in [6.45, 7) is 1.43. The number of hydrogen-bond acceptors (Lipinski definition) is 3. The van der Waals surface area contributed by atoms with E-state index in [1.54, 1.807) is 24.3 Å². The number of amides is 1. The molecule has 0 N–H and O–H groups in total. The van der Waals surface area contributed by atoms with Crippen LogP contribution in [0.3, 0.4) is 0 Å². The van der Waals surface area contributed by atoms with Gasteiger partial charge in [-0.05, 0) is 35.9 Å². The predicted molar refractivity (Wildman–Crippen MR) is 94.7 cm³/mol. The Balaban J connectivity index is 2.64. The molecule has 2 aromatic rings. The number of rotatable bonds is 4. The summed E-state index contributed by atoms with van der Waals surface area (Å²) in [5.41, 5.74) is 2.33. The van der Waals surface area contributed by atoms with Crippen LogP contribution in [0, 0.1) is 0 Å². The van der Waals surface area contributed by atoms with Crippen LogP contribution in [0.25, 0.3) is 0 Å². The molecule has 1 amide bonds. The molecular formula is C17H15BrClNO3. The molecule has 0 saturated carbocycles. The summed E-state index contributed by atoms with van der Waals surface area (Å²) in [4.78, 5) is 25.7. The van der Waals surface area contributed by atoms with Gasteiger partial charge in [0.2, 0.25) is 5.91 Å². The largest absolute Gasteiger partial charge is 0.465 e. The van der Waals surface area contributed by atoms with Crippen LogP contribution >= 0.6 is 27.5 Å². The first-order valence-corrected chi connectivity index (χ1v) is 8.31. The topological polar surface area (TPSA) is 46.6 Å². The molecule has 0 aliphatic carbocycles. The molecule has 0 heterocycles. The van der Waals surface area contributed by atoms with E-state index in [2.05, 4.69) is 15.9 Å². The van der Waals surface area contributed by atoms with E-state index in [1.165, 1.54) is 18.9 Å². The van der Waals surface area contributed by atoms with Gasteiger partial charge in [0.25, 0.3) is 0 Å². The fourth-order valence-electron chi connectivity index (χ4n) is 2.24. The van der Waals surface area contributed by atoms with Crippen LogP contribution in [0.1, 0.15) is 22.8 Å². The van der Waals surface area contributed by atoms with Gasteiger partial charge in [-0.3, -0.25) is 9.69 Å². The molecule has 0 aromatic heterocycles. The van der Waals surface area contributed by atoms with E-state index in [0.29, 0.717) is 21.7 Å². The van der Waals surface area contributed by atoms with Crippen LogP contribution in [0.15, 0.2) is 42.5 Å². The number of alkyl halides is 1. The molecule has 0 radical (unpaired) electrons. The standard InChI is InChI=1S/C17H15BrClNO3/c1-11(21)20(14-5-3-4-12(8-14)10-18)16-9-13(19)6-7-15(16)17(22)23-2/h3-9H,10H2,1-2H3. The van der Waals surface area contributed by atoms with E-state index >= 15 is 0 Å². The Morgan fingerprint density at radius 3 is 2.57 bits per heavy atom. The van der Waals surface area contributed by atoms with Gasteiger partial charge in [0.1, 0.15) is 0 Å². The second-order valence-electron chi connectivity index (χ2n) is 4.81. The molecule has 0 bridgehead atoms. The molecule has 4 nitrogen and oxygen atoms in total.